The van der Waals surface area contributed by atoms with Crippen LogP contribution in [-0.2, 0) is 9.53 Å². The van der Waals surface area contributed by atoms with E-state index in [9.17, 15) is 4.79 Å². The molecule has 0 aliphatic carbocycles. The summed E-state index contributed by atoms with van der Waals surface area (Å²) in [5, 5.41) is 3.31. The molecule has 7 heteroatoms. The number of ether oxygens (including phenoxy) is 1. The number of nitrogens with one attached hydrogen (secondary N) is 1. The molecule has 114 valence electrons. The van der Waals surface area contributed by atoms with Gasteiger partial charge in [0.15, 0.2) is 0 Å². The number of hydrogen-bond acceptors (Lipinski definition) is 4. The van der Waals surface area contributed by atoms with Gasteiger partial charge in [-0.25, -0.2) is 0 Å². The fourth-order valence-corrected chi connectivity index (χ4v) is 2.41. The van der Waals surface area contributed by atoms with Crippen molar-refractivity contribution in [3.05, 3.63) is 0 Å². The summed E-state index contributed by atoms with van der Waals surface area (Å²) in [5.74, 6) is 0.173. The summed E-state index contributed by atoms with van der Waals surface area (Å²) in [6, 6.07) is 0. The maximum Gasteiger partial charge on any atom is 0.253 e. The van der Waals surface area contributed by atoms with E-state index >= 15 is 0 Å². The van der Waals surface area contributed by atoms with Gasteiger partial charge in [-0.2, -0.15) is 0 Å². The second-order valence-corrected chi connectivity index (χ2v) is 4.68. The molecular formula is C12H25Cl2N3O2. The summed E-state index contributed by atoms with van der Waals surface area (Å²) in [6.07, 6.45) is 0.789. The zero-order valence-electron chi connectivity index (χ0n) is 11.5. The predicted octanol–water partition coefficient (Wildman–Crippen LogP) is 0.373. The van der Waals surface area contributed by atoms with Crippen molar-refractivity contribution in [1.29, 1.82) is 0 Å². The number of carbonyl (C=O) groups is 1. The van der Waals surface area contributed by atoms with Crippen LogP contribution < -0.4 is 5.32 Å². The topological polar surface area (TPSA) is 44.8 Å². The quantitative estimate of drug-likeness (QED) is 0.800. The van der Waals surface area contributed by atoms with Gasteiger partial charge in [0, 0.05) is 32.7 Å². The molecule has 2 aliphatic heterocycles. The largest absolute Gasteiger partial charge is 0.366 e. The van der Waals surface area contributed by atoms with Crippen LogP contribution in [0, 0.1) is 0 Å². The molecule has 0 spiro atoms. The molecule has 2 saturated heterocycles. The van der Waals surface area contributed by atoms with Crippen molar-refractivity contribution < 1.29 is 9.53 Å². The van der Waals surface area contributed by atoms with Crippen molar-refractivity contribution in [1.82, 2.24) is 15.1 Å². The minimum Gasteiger partial charge on any atom is -0.366 e. The standard InChI is InChI=1S/C12H23N3O2.2ClH/c1-2-14-8-9-17-11(10-14)12(16)15-6-3-4-13-5-7-15;;/h11,13H,2-10H2,1H3;2*1H. The molecular weight excluding hydrogens is 289 g/mol. The smallest absolute Gasteiger partial charge is 0.253 e. The van der Waals surface area contributed by atoms with Crippen LogP contribution in [0.2, 0.25) is 0 Å². The molecule has 2 rings (SSSR count). The van der Waals surface area contributed by atoms with E-state index < -0.39 is 0 Å². The van der Waals surface area contributed by atoms with Gasteiger partial charge in [0.05, 0.1) is 6.61 Å². The second-order valence-electron chi connectivity index (χ2n) is 4.68. The predicted molar refractivity (Wildman–Crippen MR) is 80.4 cm³/mol. The molecule has 2 heterocycles. The van der Waals surface area contributed by atoms with Gasteiger partial charge in [0.2, 0.25) is 0 Å². The Balaban J connectivity index is 0.00000162. The Hall–Kier alpha value is -0.0700. The van der Waals surface area contributed by atoms with Crippen LogP contribution in [0.5, 0.6) is 0 Å². The second kappa shape index (κ2) is 9.77. The Morgan fingerprint density at radius 1 is 1.26 bits per heavy atom. The fourth-order valence-electron chi connectivity index (χ4n) is 2.41. The third-order valence-electron chi connectivity index (χ3n) is 3.52. The van der Waals surface area contributed by atoms with E-state index in [1.807, 2.05) is 4.90 Å². The first-order valence-corrected chi connectivity index (χ1v) is 6.64. The summed E-state index contributed by atoms with van der Waals surface area (Å²) in [7, 11) is 0. The van der Waals surface area contributed by atoms with Crippen LogP contribution in [0.15, 0.2) is 0 Å². The van der Waals surface area contributed by atoms with Crippen molar-refractivity contribution in [2.75, 3.05) is 52.4 Å². The highest BCUT2D eigenvalue weighted by Crippen LogP contribution is 2.09. The maximum atomic E-state index is 12.3. The summed E-state index contributed by atoms with van der Waals surface area (Å²) < 4.78 is 5.61. The molecule has 0 radical (unpaired) electrons. The first-order chi connectivity index (χ1) is 8.31. The highest BCUT2D eigenvalue weighted by Gasteiger charge is 2.29. The first kappa shape index (κ1) is 18.9. The highest BCUT2D eigenvalue weighted by atomic mass is 35.5. The molecule has 19 heavy (non-hydrogen) atoms. The average molecular weight is 314 g/mol. The van der Waals surface area contributed by atoms with Crippen LogP contribution in [0.1, 0.15) is 13.3 Å². The Labute approximate surface area is 127 Å². The van der Waals surface area contributed by atoms with Crippen LogP contribution in [0.4, 0.5) is 0 Å². The molecule has 2 fully saturated rings. The van der Waals surface area contributed by atoms with E-state index in [-0.39, 0.29) is 36.8 Å². The van der Waals surface area contributed by atoms with Crippen molar-refractivity contribution >= 4 is 30.7 Å². The third-order valence-corrected chi connectivity index (χ3v) is 3.52. The summed E-state index contributed by atoms with van der Waals surface area (Å²) in [6.45, 7) is 9.07. The molecule has 5 nitrogen and oxygen atoms in total. The number of carbonyl (C=O) groups excluding carboxylic acids is 1. The van der Waals surface area contributed by atoms with Gasteiger partial charge in [0.25, 0.3) is 5.91 Å². The summed E-state index contributed by atoms with van der Waals surface area (Å²) in [5.41, 5.74) is 0. The van der Waals surface area contributed by atoms with Gasteiger partial charge in [-0.05, 0) is 19.5 Å². The Kier molecular flexibility index (Phi) is 9.74. The van der Waals surface area contributed by atoms with Crippen LogP contribution in [0.3, 0.4) is 0 Å². The Morgan fingerprint density at radius 2 is 2.05 bits per heavy atom. The Morgan fingerprint density at radius 3 is 2.79 bits per heavy atom. The van der Waals surface area contributed by atoms with E-state index in [1.54, 1.807) is 0 Å². The van der Waals surface area contributed by atoms with E-state index in [4.69, 9.17) is 4.74 Å². The van der Waals surface area contributed by atoms with Gasteiger partial charge in [-0.1, -0.05) is 6.92 Å². The van der Waals surface area contributed by atoms with Gasteiger partial charge in [-0.15, -0.1) is 24.8 Å². The lowest BCUT2D eigenvalue weighted by atomic mass is 10.2. The number of hydrogen-bond donors (Lipinski definition) is 1. The van der Waals surface area contributed by atoms with Gasteiger partial charge in [0.1, 0.15) is 6.10 Å². The molecule has 1 amide bonds. The SMILES string of the molecule is CCN1CCOC(C(=O)N2CCCNCC2)C1.Cl.Cl. The summed E-state index contributed by atoms with van der Waals surface area (Å²) >= 11 is 0. The maximum absolute atomic E-state index is 12.3. The minimum atomic E-state index is -0.248. The lowest BCUT2D eigenvalue weighted by Crippen LogP contribution is -2.51. The van der Waals surface area contributed by atoms with E-state index in [0.29, 0.717) is 6.61 Å². The molecule has 1 N–H and O–H groups in total. The highest BCUT2D eigenvalue weighted by molar-refractivity contribution is 5.85. The molecule has 0 bridgehead atoms. The van der Waals surface area contributed by atoms with Crippen molar-refractivity contribution in [3.8, 4) is 0 Å². The average Bonchev–Trinajstić information content (AvgIpc) is 2.67. The van der Waals surface area contributed by atoms with Crippen molar-refractivity contribution in [2.24, 2.45) is 0 Å². The number of halogens is 2. The molecule has 0 aromatic heterocycles. The number of rotatable bonds is 2. The third kappa shape index (κ3) is 5.44. The van der Waals surface area contributed by atoms with E-state index in [1.165, 1.54) is 0 Å². The monoisotopic (exact) mass is 313 g/mol. The molecule has 2 aliphatic rings. The van der Waals surface area contributed by atoms with Gasteiger partial charge >= 0.3 is 0 Å². The molecule has 1 atom stereocenters. The molecule has 0 saturated carbocycles. The van der Waals surface area contributed by atoms with Crippen molar-refractivity contribution in [2.45, 2.75) is 19.4 Å². The Bertz CT molecular complexity index is 261. The lowest BCUT2D eigenvalue weighted by molar-refractivity contribution is -0.149. The van der Waals surface area contributed by atoms with Gasteiger partial charge < -0.3 is 15.0 Å². The van der Waals surface area contributed by atoms with Crippen LogP contribution in [0.25, 0.3) is 0 Å². The van der Waals surface area contributed by atoms with Crippen LogP contribution in [-0.4, -0.2) is 74.2 Å². The fraction of sp³-hybridized carbons (Fsp3) is 0.917. The first-order valence-electron chi connectivity index (χ1n) is 6.64. The zero-order chi connectivity index (χ0) is 12.1. The minimum absolute atomic E-state index is 0. The van der Waals surface area contributed by atoms with Crippen LogP contribution >= 0.6 is 24.8 Å². The van der Waals surface area contributed by atoms with Crippen molar-refractivity contribution in [3.63, 3.8) is 0 Å². The lowest BCUT2D eigenvalue weighted by Gasteiger charge is -2.34. The summed E-state index contributed by atoms with van der Waals surface area (Å²) in [4.78, 5) is 16.5. The normalized spacial score (nSPS) is 24.9. The number of amides is 1. The molecule has 0 aromatic carbocycles. The molecule has 1 unspecified atom stereocenters. The van der Waals surface area contributed by atoms with E-state index in [0.717, 1.165) is 52.2 Å². The number of nitrogens with zero attached hydrogens (tertiary/aromatic N) is 2. The number of likely N-dealkylation sites (N-methyl/N-ethyl adjacent to an activating group) is 1. The number of morpholine rings is 1. The molecule has 0 aromatic rings. The zero-order valence-corrected chi connectivity index (χ0v) is 13.1. The van der Waals surface area contributed by atoms with E-state index in [2.05, 4.69) is 17.1 Å². The van der Waals surface area contributed by atoms with Gasteiger partial charge in [-0.3, -0.25) is 9.69 Å².